The predicted octanol–water partition coefficient (Wildman–Crippen LogP) is 5.13. The number of halogens is 2. The molecule has 4 nitrogen and oxygen atoms in total. The van der Waals surface area contributed by atoms with Gasteiger partial charge >= 0.3 is 6.09 Å². The van der Waals surface area contributed by atoms with Crippen LogP contribution in [-0.2, 0) is 11.3 Å². The van der Waals surface area contributed by atoms with Gasteiger partial charge in [-0.3, -0.25) is 0 Å². The molecule has 0 heterocycles. The highest BCUT2D eigenvalue weighted by molar-refractivity contribution is 5.68. The highest BCUT2D eigenvalue weighted by atomic mass is 19.1. The first-order valence-electron chi connectivity index (χ1n) is 8.31. The van der Waals surface area contributed by atoms with E-state index >= 15 is 0 Å². The van der Waals surface area contributed by atoms with Crippen LogP contribution in [0.25, 0.3) is 0 Å². The summed E-state index contributed by atoms with van der Waals surface area (Å²) >= 11 is 0. The summed E-state index contributed by atoms with van der Waals surface area (Å²) in [5, 5.41) is 2.57. The van der Waals surface area contributed by atoms with Gasteiger partial charge in [0.05, 0.1) is 6.04 Å². The highest BCUT2D eigenvalue weighted by Gasteiger charge is 2.22. The Morgan fingerprint density at radius 3 is 2.42 bits per heavy atom. The third-order valence-electron chi connectivity index (χ3n) is 3.46. The van der Waals surface area contributed by atoms with Gasteiger partial charge in [0.1, 0.15) is 18.0 Å². The fraction of sp³-hybridized carbons (Fsp3) is 0.350. The number of benzene rings is 2. The van der Waals surface area contributed by atoms with Gasteiger partial charge in [0.15, 0.2) is 11.6 Å². The van der Waals surface area contributed by atoms with Crippen LogP contribution >= 0.6 is 0 Å². The van der Waals surface area contributed by atoms with E-state index in [1.54, 1.807) is 27.7 Å². The Kier molecular flexibility index (Phi) is 6.18. The van der Waals surface area contributed by atoms with Gasteiger partial charge in [-0.2, -0.15) is 0 Å². The first kappa shape index (κ1) is 19.7. The molecule has 2 rings (SSSR count). The van der Waals surface area contributed by atoms with E-state index in [0.29, 0.717) is 0 Å². The van der Waals surface area contributed by atoms with Crippen LogP contribution in [0.1, 0.15) is 44.9 Å². The number of nitrogens with one attached hydrogen (secondary N) is 1. The summed E-state index contributed by atoms with van der Waals surface area (Å²) in [7, 11) is 0. The first-order valence-corrected chi connectivity index (χ1v) is 8.31. The molecule has 1 amide bonds. The van der Waals surface area contributed by atoms with Gasteiger partial charge < -0.3 is 14.8 Å². The summed E-state index contributed by atoms with van der Waals surface area (Å²) in [6.07, 6.45) is -0.677. The van der Waals surface area contributed by atoms with Crippen LogP contribution in [0, 0.1) is 11.6 Å². The fourth-order valence-electron chi connectivity index (χ4n) is 2.35. The molecule has 0 aromatic heterocycles. The molecule has 0 saturated carbocycles. The van der Waals surface area contributed by atoms with Crippen molar-refractivity contribution in [2.24, 2.45) is 0 Å². The Hall–Kier alpha value is -2.63. The van der Waals surface area contributed by atoms with Gasteiger partial charge in [0.25, 0.3) is 0 Å². The number of carbonyl (C=O) groups is 1. The summed E-state index contributed by atoms with van der Waals surface area (Å²) < 4.78 is 38.7. The molecule has 2 aromatic rings. The van der Waals surface area contributed by atoms with E-state index in [2.05, 4.69) is 5.32 Å². The normalized spacial score (nSPS) is 12.4. The van der Waals surface area contributed by atoms with E-state index in [0.717, 1.165) is 17.7 Å². The lowest BCUT2D eigenvalue weighted by atomic mass is 10.1. The van der Waals surface area contributed by atoms with Crippen molar-refractivity contribution >= 4 is 6.09 Å². The summed E-state index contributed by atoms with van der Waals surface area (Å²) in [5.41, 5.74) is 0.364. The summed E-state index contributed by atoms with van der Waals surface area (Å²) in [4.78, 5) is 11.9. The van der Waals surface area contributed by atoms with Crippen molar-refractivity contribution in [3.05, 3.63) is 65.2 Å². The molecular formula is C20H23F2NO3. The molecule has 0 bridgehead atoms. The van der Waals surface area contributed by atoms with Crippen molar-refractivity contribution in [3.63, 3.8) is 0 Å². The molecule has 0 spiro atoms. The van der Waals surface area contributed by atoms with Crippen molar-refractivity contribution in [2.75, 3.05) is 0 Å². The molecular weight excluding hydrogens is 340 g/mol. The number of alkyl carbamates (subject to hydrolysis) is 1. The van der Waals surface area contributed by atoms with Crippen LogP contribution in [0.4, 0.5) is 13.6 Å². The van der Waals surface area contributed by atoms with Gasteiger partial charge in [-0.25, -0.2) is 13.6 Å². The maximum atomic E-state index is 14.3. The molecule has 0 fully saturated rings. The van der Waals surface area contributed by atoms with E-state index in [9.17, 15) is 13.6 Å². The predicted molar refractivity (Wildman–Crippen MR) is 94.9 cm³/mol. The Morgan fingerprint density at radius 2 is 1.81 bits per heavy atom. The van der Waals surface area contributed by atoms with Gasteiger partial charge in [-0.1, -0.05) is 30.3 Å². The number of hydrogen-bond donors (Lipinski definition) is 1. The van der Waals surface area contributed by atoms with E-state index < -0.39 is 29.4 Å². The van der Waals surface area contributed by atoms with E-state index in [1.807, 2.05) is 30.3 Å². The number of ether oxygens (including phenoxy) is 2. The lowest BCUT2D eigenvalue weighted by molar-refractivity contribution is 0.0507. The first-order chi connectivity index (χ1) is 12.2. The van der Waals surface area contributed by atoms with Crippen LogP contribution in [0.2, 0.25) is 0 Å². The zero-order chi connectivity index (χ0) is 19.3. The Labute approximate surface area is 152 Å². The Balaban J connectivity index is 2.19. The molecule has 2 aromatic carbocycles. The van der Waals surface area contributed by atoms with Crippen LogP contribution in [-0.4, -0.2) is 11.7 Å². The van der Waals surface area contributed by atoms with E-state index in [-0.39, 0.29) is 17.9 Å². The summed E-state index contributed by atoms with van der Waals surface area (Å²) in [6.45, 7) is 6.91. The van der Waals surface area contributed by atoms with Gasteiger partial charge in [-0.15, -0.1) is 0 Å². The SMILES string of the molecule is CC(NC(=O)OC(C)(C)C)c1cc(F)cc(F)c1OCc1ccccc1. The van der Waals surface area contributed by atoms with Crippen molar-refractivity contribution in [1.29, 1.82) is 0 Å². The van der Waals surface area contributed by atoms with Crippen LogP contribution in [0.5, 0.6) is 5.75 Å². The second kappa shape index (κ2) is 8.17. The summed E-state index contributed by atoms with van der Waals surface area (Å²) in [6, 6.07) is 10.4. The zero-order valence-corrected chi connectivity index (χ0v) is 15.3. The standard InChI is InChI=1S/C20H23F2NO3/c1-13(23-19(24)26-20(2,3)4)16-10-15(21)11-17(22)18(16)25-12-14-8-6-5-7-9-14/h5-11,13H,12H2,1-4H3,(H,23,24). The van der Waals surface area contributed by atoms with Gasteiger partial charge in [0.2, 0.25) is 0 Å². The van der Waals surface area contributed by atoms with Gasteiger partial charge in [0, 0.05) is 11.6 Å². The van der Waals surface area contributed by atoms with Crippen molar-refractivity contribution in [1.82, 2.24) is 5.32 Å². The molecule has 0 aliphatic heterocycles. The zero-order valence-electron chi connectivity index (χ0n) is 15.3. The van der Waals surface area contributed by atoms with Crippen molar-refractivity contribution in [3.8, 4) is 5.75 Å². The quantitative estimate of drug-likeness (QED) is 0.801. The number of amides is 1. The average Bonchev–Trinajstić information content (AvgIpc) is 2.52. The van der Waals surface area contributed by atoms with Crippen LogP contribution < -0.4 is 10.1 Å². The molecule has 0 radical (unpaired) electrons. The number of carbonyl (C=O) groups excluding carboxylic acids is 1. The minimum absolute atomic E-state index is 0.0983. The molecule has 6 heteroatoms. The van der Waals surface area contributed by atoms with E-state index in [1.165, 1.54) is 0 Å². The van der Waals surface area contributed by atoms with Crippen molar-refractivity contribution in [2.45, 2.75) is 45.9 Å². The molecule has 140 valence electrons. The minimum atomic E-state index is -0.825. The fourth-order valence-corrected chi connectivity index (χ4v) is 2.35. The average molecular weight is 363 g/mol. The van der Waals surface area contributed by atoms with Crippen LogP contribution in [0.15, 0.2) is 42.5 Å². The van der Waals surface area contributed by atoms with Gasteiger partial charge in [-0.05, 0) is 39.3 Å². The number of hydrogen-bond acceptors (Lipinski definition) is 3. The maximum absolute atomic E-state index is 14.3. The molecule has 0 aliphatic carbocycles. The lowest BCUT2D eigenvalue weighted by Gasteiger charge is -2.23. The maximum Gasteiger partial charge on any atom is 0.408 e. The Bertz CT molecular complexity index is 758. The summed E-state index contributed by atoms with van der Waals surface area (Å²) in [5.74, 6) is -1.67. The molecule has 0 aliphatic rings. The second-order valence-corrected chi connectivity index (χ2v) is 6.95. The number of rotatable bonds is 5. The molecule has 1 atom stereocenters. The minimum Gasteiger partial charge on any atom is -0.485 e. The van der Waals surface area contributed by atoms with Crippen molar-refractivity contribution < 1.29 is 23.0 Å². The lowest BCUT2D eigenvalue weighted by Crippen LogP contribution is -2.34. The monoisotopic (exact) mass is 363 g/mol. The largest absolute Gasteiger partial charge is 0.485 e. The van der Waals surface area contributed by atoms with Crippen LogP contribution in [0.3, 0.4) is 0 Å². The molecule has 26 heavy (non-hydrogen) atoms. The molecule has 1 N–H and O–H groups in total. The van der Waals surface area contributed by atoms with E-state index in [4.69, 9.17) is 9.47 Å². The highest BCUT2D eigenvalue weighted by Crippen LogP contribution is 2.30. The second-order valence-electron chi connectivity index (χ2n) is 6.95. The Morgan fingerprint density at radius 1 is 1.15 bits per heavy atom. The topological polar surface area (TPSA) is 47.6 Å². The third kappa shape index (κ3) is 5.72. The molecule has 0 saturated heterocycles. The molecule has 1 unspecified atom stereocenters. The third-order valence-corrected chi connectivity index (χ3v) is 3.46. The smallest absolute Gasteiger partial charge is 0.408 e.